The fourth-order valence-corrected chi connectivity index (χ4v) is 5.50. The highest BCUT2D eigenvalue weighted by Gasteiger charge is 2.47. The van der Waals surface area contributed by atoms with Gasteiger partial charge in [-0.25, -0.2) is 4.79 Å². The number of rotatable bonds is 7. The molecule has 2 fully saturated rings. The second kappa shape index (κ2) is 10.0. The first kappa shape index (κ1) is 22.8. The third kappa shape index (κ3) is 4.98. The summed E-state index contributed by atoms with van der Waals surface area (Å²) in [6.45, 7) is 7.29. The van der Waals surface area contributed by atoms with Crippen LogP contribution in [0.5, 0.6) is 0 Å². The maximum Gasteiger partial charge on any atom is 0.407 e. The lowest BCUT2D eigenvalue weighted by Gasteiger charge is -2.39. The summed E-state index contributed by atoms with van der Waals surface area (Å²) in [7, 11) is 0. The first-order valence-corrected chi connectivity index (χ1v) is 11.8. The zero-order valence-electron chi connectivity index (χ0n) is 18.9. The van der Waals surface area contributed by atoms with E-state index in [1.165, 1.54) is 5.56 Å². The summed E-state index contributed by atoms with van der Waals surface area (Å²) in [5, 5.41) is 21.3. The van der Waals surface area contributed by atoms with E-state index >= 15 is 0 Å². The maximum atomic E-state index is 11.9. The first-order valence-electron chi connectivity index (χ1n) is 11.8. The van der Waals surface area contributed by atoms with Crippen molar-refractivity contribution >= 4 is 6.09 Å². The van der Waals surface area contributed by atoms with Crippen molar-refractivity contribution in [2.24, 2.45) is 5.92 Å². The quantitative estimate of drug-likeness (QED) is 0.694. The first-order chi connectivity index (χ1) is 15.5. The van der Waals surface area contributed by atoms with Gasteiger partial charge >= 0.3 is 6.09 Å². The van der Waals surface area contributed by atoms with Gasteiger partial charge in [-0.05, 0) is 30.9 Å². The molecule has 2 aliphatic rings. The zero-order chi connectivity index (χ0) is 22.6. The molecule has 0 saturated carbocycles. The third-order valence-electron chi connectivity index (χ3n) is 7.20. The predicted octanol–water partition coefficient (Wildman–Crippen LogP) is 3.47. The Hall–Kier alpha value is -2.41. The Bertz CT molecular complexity index is 870. The standard InChI is InChI=1S/C26H35N3O3/c1-2-29(25(30)31)24-13-15-27(16-14-24)18-23-19-28(17-21-9-5-3-6-10-21)20-26(23,32)22-11-7-4-8-12-22/h3-12,23-24,32H,2,13-20H2,1H3,(H,30,31). The summed E-state index contributed by atoms with van der Waals surface area (Å²) in [5.74, 6) is 0.104. The number of β-amino-alcohol motifs (C(OH)–C–C–N with tert-alkyl or cyclic N) is 1. The van der Waals surface area contributed by atoms with E-state index < -0.39 is 11.7 Å². The monoisotopic (exact) mass is 437 g/mol. The molecule has 2 heterocycles. The second-order valence-electron chi connectivity index (χ2n) is 9.24. The van der Waals surface area contributed by atoms with Crippen LogP contribution in [0.2, 0.25) is 0 Å². The SMILES string of the molecule is CCN(C(=O)O)C1CCN(CC2CN(Cc3ccccc3)CC2(O)c2ccccc2)CC1. The molecule has 2 aliphatic heterocycles. The molecule has 6 nitrogen and oxygen atoms in total. The van der Waals surface area contributed by atoms with Crippen LogP contribution in [0, 0.1) is 5.92 Å². The van der Waals surface area contributed by atoms with Crippen molar-refractivity contribution in [3.8, 4) is 0 Å². The van der Waals surface area contributed by atoms with Gasteiger partial charge in [0.25, 0.3) is 0 Å². The van der Waals surface area contributed by atoms with E-state index in [-0.39, 0.29) is 12.0 Å². The molecule has 2 aromatic rings. The summed E-state index contributed by atoms with van der Waals surface area (Å²) in [5.41, 5.74) is 1.36. The highest BCUT2D eigenvalue weighted by Crippen LogP contribution is 2.38. The van der Waals surface area contributed by atoms with Crippen molar-refractivity contribution in [1.29, 1.82) is 0 Å². The van der Waals surface area contributed by atoms with Crippen LogP contribution in [-0.4, -0.2) is 76.3 Å². The van der Waals surface area contributed by atoms with Crippen LogP contribution >= 0.6 is 0 Å². The van der Waals surface area contributed by atoms with E-state index in [9.17, 15) is 15.0 Å². The van der Waals surface area contributed by atoms with Gasteiger partial charge in [-0.1, -0.05) is 60.7 Å². The van der Waals surface area contributed by atoms with Gasteiger partial charge in [0.05, 0.1) is 0 Å². The number of piperidine rings is 1. The van der Waals surface area contributed by atoms with Crippen LogP contribution in [0.4, 0.5) is 4.79 Å². The average Bonchev–Trinajstić information content (AvgIpc) is 3.12. The van der Waals surface area contributed by atoms with Crippen molar-refractivity contribution < 1.29 is 15.0 Å². The Kier molecular flexibility index (Phi) is 7.13. The van der Waals surface area contributed by atoms with Crippen LogP contribution in [0.3, 0.4) is 0 Å². The van der Waals surface area contributed by atoms with Gasteiger partial charge in [0.15, 0.2) is 0 Å². The molecule has 0 aromatic heterocycles. The largest absolute Gasteiger partial charge is 0.465 e. The Balaban J connectivity index is 1.45. The Morgan fingerprint density at radius 1 is 1.03 bits per heavy atom. The van der Waals surface area contributed by atoms with E-state index in [0.29, 0.717) is 13.1 Å². The molecule has 32 heavy (non-hydrogen) atoms. The number of aliphatic hydroxyl groups is 1. The normalized spacial score (nSPS) is 25.1. The minimum absolute atomic E-state index is 0.0971. The Morgan fingerprint density at radius 3 is 2.25 bits per heavy atom. The molecule has 2 atom stereocenters. The number of nitrogens with zero attached hydrogens (tertiary/aromatic N) is 3. The van der Waals surface area contributed by atoms with Crippen molar-refractivity contribution in [2.75, 3.05) is 39.3 Å². The average molecular weight is 438 g/mol. The van der Waals surface area contributed by atoms with E-state index in [1.807, 2.05) is 43.3 Å². The van der Waals surface area contributed by atoms with Gasteiger partial charge in [-0.2, -0.15) is 0 Å². The Labute approximate surface area is 191 Å². The molecule has 1 amide bonds. The lowest BCUT2D eigenvalue weighted by atomic mass is 9.83. The molecule has 0 aliphatic carbocycles. The highest BCUT2D eigenvalue weighted by atomic mass is 16.4. The van der Waals surface area contributed by atoms with Gasteiger partial charge < -0.3 is 20.0 Å². The molecule has 172 valence electrons. The lowest BCUT2D eigenvalue weighted by molar-refractivity contribution is -0.0102. The van der Waals surface area contributed by atoms with Crippen LogP contribution in [-0.2, 0) is 12.1 Å². The number of carboxylic acid groups (broad SMARTS) is 1. The van der Waals surface area contributed by atoms with Gasteiger partial charge in [0, 0.05) is 57.8 Å². The third-order valence-corrected chi connectivity index (χ3v) is 7.20. The van der Waals surface area contributed by atoms with E-state index in [2.05, 4.69) is 34.1 Å². The van der Waals surface area contributed by atoms with E-state index in [4.69, 9.17) is 0 Å². The van der Waals surface area contributed by atoms with Crippen LogP contribution in [0.15, 0.2) is 60.7 Å². The van der Waals surface area contributed by atoms with Crippen molar-refractivity contribution in [2.45, 2.75) is 38.0 Å². The van der Waals surface area contributed by atoms with Gasteiger partial charge in [0.1, 0.15) is 5.60 Å². The molecule has 2 aromatic carbocycles. The number of benzene rings is 2. The van der Waals surface area contributed by atoms with Crippen LogP contribution in [0.25, 0.3) is 0 Å². The maximum absolute atomic E-state index is 11.9. The number of hydrogen-bond donors (Lipinski definition) is 2. The molecule has 0 spiro atoms. The van der Waals surface area contributed by atoms with Gasteiger partial charge in [-0.15, -0.1) is 0 Å². The molecular weight excluding hydrogens is 402 g/mol. The minimum Gasteiger partial charge on any atom is -0.465 e. The van der Waals surface area contributed by atoms with Crippen LogP contribution in [0.1, 0.15) is 30.9 Å². The summed E-state index contributed by atoms with van der Waals surface area (Å²) >= 11 is 0. The van der Waals surface area contributed by atoms with Crippen molar-refractivity contribution in [3.63, 3.8) is 0 Å². The lowest BCUT2D eigenvalue weighted by Crippen LogP contribution is -2.49. The molecule has 0 bridgehead atoms. The zero-order valence-corrected chi connectivity index (χ0v) is 18.9. The molecule has 6 heteroatoms. The number of amides is 1. The van der Waals surface area contributed by atoms with Gasteiger partial charge in [-0.3, -0.25) is 4.90 Å². The fraction of sp³-hybridized carbons (Fsp3) is 0.500. The molecule has 2 unspecified atom stereocenters. The Morgan fingerprint density at radius 2 is 1.66 bits per heavy atom. The molecule has 4 rings (SSSR count). The molecule has 2 saturated heterocycles. The summed E-state index contributed by atoms with van der Waals surface area (Å²) < 4.78 is 0. The predicted molar refractivity (Wildman–Crippen MR) is 125 cm³/mol. The van der Waals surface area contributed by atoms with E-state index in [1.54, 1.807) is 4.90 Å². The summed E-state index contributed by atoms with van der Waals surface area (Å²) in [4.78, 5) is 17.8. The molecule has 2 N–H and O–H groups in total. The number of likely N-dealkylation sites (tertiary alicyclic amines) is 2. The van der Waals surface area contributed by atoms with Crippen LogP contribution < -0.4 is 0 Å². The highest BCUT2D eigenvalue weighted by molar-refractivity contribution is 5.65. The van der Waals surface area contributed by atoms with Crippen molar-refractivity contribution in [3.05, 3.63) is 71.8 Å². The summed E-state index contributed by atoms with van der Waals surface area (Å²) in [6.07, 6.45) is 0.881. The summed E-state index contributed by atoms with van der Waals surface area (Å²) in [6, 6.07) is 20.6. The van der Waals surface area contributed by atoms with Gasteiger partial charge in [0.2, 0.25) is 0 Å². The molecule has 0 radical (unpaired) electrons. The number of hydrogen-bond acceptors (Lipinski definition) is 4. The fourth-order valence-electron chi connectivity index (χ4n) is 5.50. The smallest absolute Gasteiger partial charge is 0.407 e. The topological polar surface area (TPSA) is 67.3 Å². The molecular formula is C26H35N3O3. The minimum atomic E-state index is -0.886. The van der Waals surface area contributed by atoms with E-state index in [0.717, 1.165) is 51.1 Å². The van der Waals surface area contributed by atoms with Crippen molar-refractivity contribution in [1.82, 2.24) is 14.7 Å². The second-order valence-corrected chi connectivity index (χ2v) is 9.24. The number of carbonyl (C=O) groups is 1.